The summed E-state index contributed by atoms with van der Waals surface area (Å²) >= 11 is 0. The lowest BCUT2D eigenvalue weighted by molar-refractivity contribution is 0.407. The Morgan fingerprint density at radius 1 is 1.39 bits per heavy atom. The maximum atomic E-state index is 3.71. The van der Waals surface area contributed by atoms with Crippen molar-refractivity contribution in [3.8, 4) is 0 Å². The second-order valence-electron chi connectivity index (χ2n) is 5.73. The highest BCUT2D eigenvalue weighted by Gasteiger charge is 2.18. The first kappa shape index (κ1) is 13.6. The number of nitrogens with one attached hydrogen (secondary N) is 2. The molecule has 1 aliphatic heterocycles. The summed E-state index contributed by atoms with van der Waals surface area (Å²) in [6.45, 7) is 7.91. The molecule has 18 heavy (non-hydrogen) atoms. The molecule has 100 valence electrons. The first-order valence-electron chi connectivity index (χ1n) is 7.21. The molecule has 3 atom stereocenters. The van der Waals surface area contributed by atoms with E-state index in [1.54, 1.807) is 0 Å². The predicted octanol–water partition coefficient (Wildman–Crippen LogP) is 3.18. The summed E-state index contributed by atoms with van der Waals surface area (Å²) < 4.78 is 0. The van der Waals surface area contributed by atoms with E-state index in [4.69, 9.17) is 0 Å². The molecule has 1 aliphatic rings. The molecule has 1 heterocycles. The van der Waals surface area contributed by atoms with Crippen LogP contribution in [0.4, 0.5) is 0 Å². The van der Waals surface area contributed by atoms with Gasteiger partial charge in [-0.15, -0.1) is 0 Å². The molecule has 1 fully saturated rings. The van der Waals surface area contributed by atoms with Crippen LogP contribution in [-0.4, -0.2) is 18.6 Å². The van der Waals surface area contributed by atoms with Crippen molar-refractivity contribution in [1.82, 2.24) is 10.6 Å². The van der Waals surface area contributed by atoms with Crippen LogP contribution in [0, 0.1) is 6.92 Å². The van der Waals surface area contributed by atoms with Gasteiger partial charge in [0.1, 0.15) is 0 Å². The largest absolute Gasteiger partial charge is 0.314 e. The van der Waals surface area contributed by atoms with Crippen molar-refractivity contribution in [2.24, 2.45) is 0 Å². The van der Waals surface area contributed by atoms with Gasteiger partial charge in [0, 0.05) is 18.1 Å². The molecule has 1 aromatic rings. The van der Waals surface area contributed by atoms with Crippen LogP contribution in [0.2, 0.25) is 0 Å². The van der Waals surface area contributed by atoms with Gasteiger partial charge in [0.05, 0.1) is 0 Å². The average molecular weight is 246 g/mol. The lowest BCUT2D eigenvalue weighted by Crippen LogP contribution is -2.35. The highest BCUT2D eigenvalue weighted by atomic mass is 15.0. The molecule has 2 nitrogen and oxygen atoms in total. The van der Waals surface area contributed by atoms with Gasteiger partial charge in [-0.25, -0.2) is 0 Å². The summed E-state index contributed by atoms with van der Waals surface area (Å²) in [4.78, 5) is 0. The SMILES string of the molecule is Cc1cccc([C@@H](C)NC(C)CC2CCCN2)c1. The maximum Gasteiger partial charge on any atom is 0.0294 e. The summed E-state index contributed by atoms with van der Waals surface area (Å²) in [5.41, 5.74) is 2.73. The second kappa shape index (κ2) is 6.35. The molecular formula is C16H26N2. The normalized spacial score (nSPS) is 22.9. The number of benzene rings is 1. The molecule has 0 aromatic heterocycles. The standard InChI is InChI=1S/C16H26N2/c1-12-6-4-7-15(10-12)14(3)18-13(2)11-16-8-5-9-17-16/h4,6-7,10,13-14,16-18H,5,8-9,11H2,1-3H3/t13?,14-,16?/m1/s1. The summed E-state index contributed by atoms with van der Waals surface area (Å²) in [5.74, 6) is 0. The van der Waals surface area contributed by atoms with Gasteiger partial charge >= 0.3 is 0 Å². The van der Waals surface area contributed by atoms with Crippen molar-refractivity contribution in [3.63, 3.8) is 0 Å². The number of rotatable bonds is 5. The Morgan fingerprint density at radius 3 is 2.89 bits per heavy atom. The third kappa shape index (κ3) is 3.82. The molecule has 0 aliphatic carbocycles. The van der Waals surface area contributed by atoms with Gasteiger partial charge in [-0.3, -0.25) is 0 Å². The van der Waals surface area contributed by atoms with Crippen LogP contribution in [-0.2, 0) is 0 Å². The lowest BCUT2D eigenvalue weighted by atomic mass is 10.0. The third-order valence-electron chi connectivity index (χ3n) is 3.88. The second-order valence-corrected chi connectivity index (χ2v) is 5.73. The van der Waals surface area contributed by atoms with E-state index in [0.717, 1.165) is 6.04 Å². The molecular weight excluding hydrogens is 220 g/mol. The van der Waals surface area contributed by atoms with E-state index in [9.17, 15) is 0 Å². The van der Waals surface area contributed by atoms with Crippen LogP contribution in [0.3, 0.4) is 0 Å². The lowest BCUT2D eigenvalue weighted by Gasteiger charge is -2.23. The molecule has 0 bridgehead atoms. The van der Waals surface area contributed by atoms with E-state index in [1.165, 1.54) is 36.9 Å². The Hall–Kier alpha value is -0.860. The Morgan fingerprint density at radius 2 is 2.22 bits per heavy atom. The van der Waals surface area contributed by atoms with Crippen molar-refractivity contribution in [2.45, 2.75) is 58.2 Å². The van der Waals surface area contributed by atoms with E-state index in [-0.39, 0.29) is 0 Å². The molecule has 0 spiro atoms. The summed E-state index contributed by atoms with van der Waals surface area (Å²) in [7, 11) is 0. The molecule has 1 saturated heterocycles. The topological polar surface area (TPSA) is 24.1 Å². The molecule has 1 aromatic carbocycles. The first-order valence-corrected chi connectivity index (χ1v) is 7.21. The monoisotopic (exact) mass is 246 g/mol. The number of hydrogen-bond donors (Lipinski definition) is 2. The van der Waals surface area contributed by atoms with Crippen LogP contribution in [0.25, 0.3) is 0 Å². The molecule has 0 amide bonds. The van der Waals surface area contributed by atoms with Crippen molar-refractivity contribution in [2.75, 3.05) is 6.54 Å². The van der Waals surface area contributed by atoms with Crippen molar-refractivity contribution >= 4 is 0 Å². The van der Waals surface area contributed by atoms with Crippen molar-refractivity contribution in [1.29, 1.82) is 0 Å². The minimum atomic E-state index is 0.432. The van der Waals surface area contributed by atoms with Gasteiger partial charge in [0.25, 0.3) is 0 Å². The van der Waals surface area contributed by atoms with E-state index >= 15 is 0 Å². The quantitative estimate of drug-likeness (QED) is 0.834. The van der Waals surface area contributed by atoms with Crippen LogP contribution >= 0.6 is 0 Å². The number of hydrogen-bond acceptors (Lipinski definition) is 2. The summed E-state index contributed by atoms with van der Waals surface area (Å²) in [5, 5.41) is 7.28. The van der Waals surface area contributed by atoms with E-state index in [1.807, 2.05) is 0 Å². The van der Waals surface area contributed by atoms with Gasteiger partial charge in [-0.2, -0.15) is 0 Å². The van der Waals surface area contributed by atoms with Crippen LogP contribution in [0.1, 0.15) is 50.3 Å². The molecule has 0 saturated carbocycles. The first-order chi connectivity index (χ1) is 8.65. The average Bonchev–Trinajstić information content (AvgIpc) is 2.81. The van der Waals surface area contributed by atoms with E-state index in [0.29, 0.717) is 12.1 Å². The fourth-order valence-corrected chi connectivity index (χ4v) is 2.92. The Balaban J connectivity index is 1.84. The Kier molecular flexibility index (Phi) is 4.79. The van der Waals surface area contributed by atoms with E-state index in [2.05, 4.69) is 55.7 Å². The van der Waals surface area contributed by atoms with Gasteiger partial charge in [-0.05, 0) is 52.1 Å². The molecule has 0 radical (unpaired) electrons. The smallest absolute Gasteiger partial charge is 0.0294 e. The van der Waals surface area contributed by atoms with Crippen molar-refractivity contribution < 1.29 is 0 Å². The fraction of sp³-hybridized carbons (Fsp3) is 0.625. The van der Waals surface area contributed by atoms with Gasteiger partial charge < -0.3 is 10.6 Å². The number of aryl methyl sites for hydroxylation is 1. The third-order valence-corrected chi connectivity index (χ3v) is 3.88. The van der Waals surface area contributed by atoms with Gasteiger partial charge in [0.15, 0.2) is 0 Å². The zero-order chi connectivity index (χ0) is 13.0. The molecule has 2 unspecified atom stereocenters. The predicted molar refractivity (Wildman–Crippen MR) is 77.8 cm³/mol. The minimum Gasteiger partial charge on any atom is -0.314 e. The molecule has 2 N–H and O–H groups in total. The van der Waals surface area contributed by atoms with Crippen LogP contribution in [0.5, 0.6) is 0 Å². The maximum absolute atomic E-state index is 3.71. The van der Waals surface area contributed by atoms with Gasteiger partial charge in [0.2, 0.25) is 0 Å². The zero-order valence-electron chi connectivity index (χ0n) is 11.9. The molecule has 2 rings (SSSR count). The Bertz CT molecular complexity index is 369. The Labute approximate surface area is 111 Å². The fourth-order valence-electron chi connectivity index (χ4n) is 2.92. The highest BCUT2D eigenvalue weighted by Crippen LogP contribution is 2.17. The van der Waals surface area contributed by atoms with Crippen molar-refractivity contribution in [3.05, 3.63) is 35.4 Å². The summed E-state index contributed by atoms with van der Waals surface area (Å²) in [6, 6.07) is 10.5. The zero-order valence-corrected chi connectivity index (χ0v) is 11.9. The van der Waals surface area contributed by atoms with Crippen LogP contribution in [0.15, 0.2) is 24.3 Å². The highest BCUT2D eigenvalue weighted by molar-refractivity contribution is 5.24. The van der Waals surface area contributed by atoms with E-state index < -0.39 is 0 Å². The summed E-state index contributed by atoms with van der Waals surface area (Å²) in [6.07, 6.45) is 3.91. The van der Waals surface area contributed by atoms with Gasteiger partial charge in [-0.1, -0.05) is 29.8 Å². The van der Waals surface area contributed by atoms with Crippen LogP contribution < -0.4 is 10.6 Å². The molecule has 2 heteroatoms. The minimum absolute atomic E-state index is 0.432.